The minimum absolute atomic E-state index is 0.161. The fourth-order valence-electron chi connectivity index (χ4n) is 1.07. The van der Waals surface area contributed by atoms with Crippen LogP contribution in [-0.4, -0.2) is 16.8 Å². The Bertz CT molecular complexity index is 291. The van der Waals surface area contributed by atoms with E-state index in [0.29, 0.717) is 5.56 Å². The second-order valence-corrected chi connectivity index (χ2v) is 2.80. The van der Waals surface area contributed by atoms with Gasteiger partial charge in [0.15, 0.2) is 0 Å². The highest BCUT2D eigenvalue weighted by atomic mass is 19.1. The second-order valence-electron chi connectivity index (χ2n) is 2.80. The molecule has 1 aromatic carbocycles. The average molecular weight is 185 g/mol. The van der Waals surface area contributed by atoms with Crippen LogP contribution in [0.15, 0.2) is 18.2 Å². The van der Waals surface area contributed by atoms with Crippen LogP contribution in [0.1, 0.15) is 17.2 Å². The van der Waals surface area contributed by atoms with Gasteiger partial charge in [-0.05, 0) is 17.7 Å². The van der Waals surface area contributed by atoms with Crippen LogP contribution < -0.4 is 5.73 Å². The summed E-state index contributed by atoms with van der Waals surface area (Å²) in [6.07, 6.45) is 0. The smallest absolute Gasteiger partial charge is 0.128 e. The molecule has 0 radical (unpaired) electrons. The molecule has 0 aromatic heterocycles. The van der Waals surface area contributed by atoms with Gasteiger partial charge in [0, 0.05) is 5.56 Å². The van der Waals surface area contributed by atoms with E-state index in [4.69, 9.17) is 15.9 Å². The molecule has 0 fully saturated rings. The summed E-state index contributed by atoms with van der Waals surface area (Å²) in [5.41, 5.74) is 6.26. The molecule has 0 saturated heterocycles. The lowest BCUT2D eigenvalue weighted by molar-refractivity contribution is 0.264. The normalized spacial score (nSPS) is 12.9. The molecule has 0 aliphatic rings. The zero-order valence-electron chi connectivity index (χ0n) is 7.07. The van der Waals surface area contributed by atoms with Gasteiger partial charge in [-0.1, -0.05) is 6.07 Å². The zero-order valence-corrected chi connectivity index (χ0v) is 7.07. The largest absolute Gasteiger partial charge is 0.394 e. The van der Waals surface area contributed by atoms with Crippen LogP contribution in [0, 0.1) is 5.82 Å². The molecule has 0 saturated carbocycles. The first-order valence-corrected chi connectivity index (χ1v) is 3.94. The number of rotatable bonds is 3. The number of benzene rings is 1. The van der Waals surface area contributed by atoms with Crippen molar-refractivity contribution in [1.82, 2.24) is 0 Å². The Hall–Kier alpha value is -0.970. The Kier molecular flexibility index (Phi) is 3.36. The van der Waals surface area contributed by atoms with Crippen LogP contribution in [0.5, 0.6) is 0 Å². The monoisotopic (exact) mass is 185 g/mol. The Labute approximate surface area is 75.6 Å². The van der Waals surface area contributed by atoms with Crippen molar-refractivity contribution in [3.8, 4) is 0 Å². The number of aliphatic hydroxyl groups excluding tert-OH is 2. The average Bonchev–Trinajstić information content (AvgIpc) is 2.17. The first kappa shape index (κ1) is 10.1. The molecule has 0 heterocycles. The van der Waals surface area contributed by atoms with Crippen molar-refractivity contribution in [2.75, 3.05) is 6.61 Å². The minimum Gasteiger partial charge on any atom is -0.394 e. The van der Waals surface area contributed by atoms with Gasteiger partial charge in [0.2, 0.25) is 0 Å². The maximum Gasteiger partial charge on any atom is 0.128 e. The predicted octanol–water partition coefficient (Wildman–Crippen LogP) is 0.310. The molecule has 1 atom stereocenters. The van der Waals surface area contributed by atoms with Crippen molar-refractivity contribution >= 4 is 0 Å². The summed E-state index contributed by atoms with van der Waals surface area (Å²) in [7, 11) is 0. The van der Waals surface area contributed by atoms with Crippen LogP contribution in [-0.2, 0) is 6.61 Å². The van der Waals surface area contributed by atoms with Crippen LogP contribution in [0.4, 0.5) is 4.39 Å². The molecular formula is C9H12FNO2. The number of nitrogens with two attached hydrogens (primary N) is 1. The SMILES string of the molecule is N[C@@H](CO)c1cc(CO)ccc1F. The van der Waals surface area contributed by atoms with E-state index in [9.17, 15) is 4.39 Å². The lowest BCUT2D eigenvalue weighted by Crippen LogP contribution is -2.16. The highest BCUT2D eigenvalue weighted by molar-refractivity contribution is 5.27. The molecular weight excluding hydrogens is 173 g/mol. The summed E-state index contributed by atoms with van der Waals surface area (Å²) < 4.78 is 13.1. The maximum absolute atomic E-state index is 13.1. The lowest BCUT2D eigenvalue weighted by atomic mass is 10.0. The molecule has 0 unspecified atom stereocenters. The van der Waals surface area contributed by atoms with Gasteiger partial charge in [-0.2, -0.15) is 0 Å². The van der Waals surface area contributed by atoms with E-state index in [-0.39, 0.29) is 18.8 Å². The molecule has 0 amide bonds. The summed E-state index contributed by atoms with van der Waals surface area (Å²) in [5.74, 6) is -0.459. The molecule has 4 N–H and O–H groups in total. The second kappa shape index (κ2) is 4.32. The molecule has 72 valence electrons. The molecule has 0 aliphatic carbocycles. The topological polar surface area (TPSA) is 66.5 Å². The fraction of sp³-hybridized carbons (Fsp3) is 0.333. The Balaban J connectivity index is 3.03. The first-order chi connectivity index (χ1) is 6.19. The predicted molar refractivity (Wildman–Crippen MR) is 46.3 cm³/mol. The van der Waals surface area contributed by atoms with Crippen molar-refractivity contribution < 1.29 is 14.6 Å². The van der Waals surface area contributed by atoms with Gasteiger partial charge in [-0.25, -0.2) is 4.39 Å². The lowest BCUT2D eigenvalue weighted by Gasteiger charge is -2.10. The van der Waals surface area contributed by atoms with E-state index >= 15 is 0 Å². The molecule has 1 rings (SSSR count). The first-order valence-electron chi connectivity index (χ1n) is 3.94. The summed E-state index contributed by atoms with van der Waals surface area (Å²) in [6.45, 7) is -0.475. The van der Waals surface area contributed by atoms with E-state index in [1.807, 2.05) is 0 Å². The van der Waals surface area contributed by atoms with Gasteiger partial charge < -0.3 is 15.9 Å². The van der Waals surface area contributed by atoms with Crippen LogP contribution in [0.2, 0.25) is 0 Å². The van der Waals surface area contributed by atoms with E-state index in [0.717, 1.165) is 0 Å². The van der Waals surface area contributed by atoms with Gasteiger partial charge in [-0.3, -0.25) is 0 Å². The van der Waals surface area contributed by atoms with Gasteiger partial charge >= 0.3 is 0 Å². The highest BCUT2D eigenvalue weighted by Gasteiger charge is 2.10. The van der Waals surface area contributed by atoms with E-state index in [1.165, 1.54) is 18.2 Å². The summed E-state index contributed by atoms with van der Waals surface area (Å²) in [6, 6.07) is 3.43. The van der Waals surface area contributed by atoms with Crippen molar-refractivity contribution in [3.05, 3.63) is 35.1 Å². The molecule has 13 heavy (non-hydrogen) atoms. The van der Waals surface area contributed by atoms with Gasteiger partial charge in [-0.15, -0.1) is 0 Å². The van der Waals surface area contributed by atoms with Crippen LogP contribution in [0.3, 0.4) is 0 Å². The van der Waals surface area contributed by atoms with Crippen molar-refractivity contribution in [2.45, 2.75) is 12.6 Å². The molecule has 1 aromatic rings. The number of halogens is 1. The Morgan fingerprint density at radius 1 is 1.38 bits per heavy atom. The molecule has 0 bridgehead atoms. The zero-order chi connectivity index (χ0) is 9.84. The highest BCUT2D eigenvalue weighted by Crippen LogP contribution is 2.16. The maximum atomic E-state index is 13.1. The van der Waals surface area contributed by atoms with Gasteiger partial charge in [0.05, 0.1) is 19.3 Å². The molecule has 3 nitrogen and oxygen atoms in total. The Morgan fingerprint density at radius 3 is 2.62 bits per heavy atom. The van der Waals surface area contributed by atoms with Crippen LogP contribution in [0.25, 0.3) is 0 Å². The van der Waals surface area contributed by atoms with E-state index < -0.39 is 11.9 Å². The van der Waals surface area contributed by atoms with Crippen molar-refractivity contribution in [2.24, 2.45) is 5.73 Å². The third kappa shape index (κ3) is 2.24. The third-order valence-corrected chi connectivity index (χ3v) is 1.84. The van der Waals surface area contributed by atoms with Gasteiger partial charge in [0.1, 0.15) is 5.82 Å². The molecule has 0 aliphatic heterocycles. The quantitative estimate of drug-likeness (QED) is 0.635. The minimum atomic E-state index is -0.730. The van der Waals surface area contributed by atoms with E-state index in [2.05, 4.69) is 0 Å². The summed E-state index contributed by atoms with van der Waals surface area (Å²) in [5, 5.41) is 17.5. The van der Waals surface area contributed by atoms with Crippen molar-refractivity contribution in [3.63, 3.8) is 0 Å². The van der Waals surface area contributed by atoms with Crippen LogP contribution >= 0.6 is 0 Å². The van der Waals surface area contributed by atoms with Gasteiger partial charge in [0.25, 0.3) is 0 Å². The molecule has 0 spiro atoms. The summed E-state index contributed by atoms with van der Waals surface area (Å²) >= 11 is 0. The third-order valence-electron chi connectivity index (χ3n) is 1.84. The van der Waals surface area contributed by atoms with E-state index in [1.54, 1.807) is 0 Å². The molecule has 4 heteroatoms. The number of aliphatic hydroxyl groups is 2. The van der Waals surface area contributed by atoms with Crippen molar-refractivity contribution in [1.29, 1.82) is 0 Å². The fourth-order valence-corrected chi connectivity index (χ4v) is 1.07. The number of hydrogen-bond acceptors (Lipinski definition) is 3. The number of hydrogen-bond donors (Lipinski definition) is 3. The Morgan fingerprint density at radius 2 is 2.08 bits per heavy atom. The summed E-state index contributed by atoms with van der Waals surface area (Å²) in [4.78, 5) is 0. The standard InChI is InChI=1S/C9H12FNO2/c10-8-2-1-6(4-12)3-7(8)9(11)5-13/h1-3,9,12-13H,4-5,11H2/t9-/m0/s1.